The Hall–Kier alpha value is -2.91. The highest BCUT2D eigenvalue weighted by Crippen LogP contribution is 2.30. The quantitative estimate of drug-likeness (QED) is 0.346. The second-order valence-electron chi connectivity index (χ2n) is 8.05. The van der Waals surface area contributed by atoms with Crippen molar-refractivity contribution >= 4 is 39.2 Å². The molecule has 10 heteroatoms. The van der Waals surface area contributed by atoms with Crippen LogP contribution in [0.1, 0.15) is 31.7 Å². The van der Waals surface area contributed by atoms with Crippen LogP contribution in [-0.4, -0.2) is 49.6 Å². The molecule has 0 atom stereocenters. The van der Waals surface area contributed by atoms with Gasteiger partial charge >= 0.3 is 0 Å². The van der Waals surface area contributed by atoms with E-state index in [9.17, 15) is 0 Å². The van der Waals surface area contributed by atoms with Gasteiger partial charge in [-0.1, -0.05) is 18.3 Å². The molecular weight excluding hydrogens is 458 g/mol. The van der Waals surface area contributed by atoms with Crippen molar-refractivity contribution in [3.05, 3.63) is 47.8 Å². The topological polar surface area (TPSA) is 89.8 Å². The summed E-state index contributed by atoms with van der Waals surface area (Å²) in [6, 6.07) is 3.85. The molecule has 8 nitrogen and oxygen atoms in total. The smallest absolute Gasteiger partial charge is 0.275 e. The molecule has 170 valence electrons. The van der Waals surface area contributed by atoms with Gasteiger partial charge in [-0.15, -0.1) is 0 Å². The van der Waals surface area contributed by atoms with Crippen LogP contribution in [0.4, 0.5) is 5.95 Å². The van der Waals surface area contributed by atoms with Crippen molar-refractivity contribution in [2.75, 3.05) is 24.6 Å². The minimum Gasteiger partial charge on any atom is -0.470 e. The first kappa shape index (κ1) is 21.9. The fourth-order valence-corrected chi connectivity index (χ4v) is 4.80. The van der Waals surface area contributed by atoms with Crippen molar-refractivity contribution in [1.29, 1.82) is 0 Å². The van der Waals surface area contributed by atoms with Crippen LogP contribution in [0.2, 0.25) is 5.28 Å². The minimum absolute atomic E-state index is 0.220. The van der Waals surface area contributed by atoms with E-state index in [4.69, 9.17) is 16.3 Å². The Morgan fingerprint density at radius 3 is 2.52 bits per heavy atom. The standard InChI is InChI=1S/C23H24ClN7OS/c1-2-15-11-27-22(28-12-15)31-8-5-16(6-9-31)7-10-32-23-30-19-4-3-18(29-20(19)33-23)17-13-25-21(24)26-14-17/h3-4,11-14,16H,2,5-10H2,1H3. The number of aromatic nitrogens is 6. The van der Waals surface area contributed by atoms with Crippen LogP contribution in [-0.2, 0) is 6.42 Å². The first-order chi connectivity index (χ1) is 16.2. The number of ether oxygens (including phenoxy) is 1. The van der Waals surface area contributed by atoms with Crippen molar-refractivity contribution in [2.24, 2.45) is 5.92 Å². The van der Waals surface area contributed by atoms with Crippen LogP contribution in [0.25, 0.3) is 21.6 Å². The number of fused-ring (bicyclic) bond motifs is 1. The fourth-order valence-electron chi connectivity index (χ4n) is 3.89. The molecule has 0 spiro atoms. The third-order valence-electron chi connectivity index (χ3n) is 5.90. The van der Waals surface area contributed by atoms with E-state index >= 15 is 0 Å². The fraction of sp³-hybridized carbons (Fsp3) is 0.391. The third kappa shape index (κ3) is 5.20. The highest BCUT2D eigenvalue weighted by atomic mass is 35.5. The molecule has 0 aromatic carbocycles. The Morgan fingerprint density at radius 2 is 1.79 bits per heavy atom. The molecule has 0 unspecified atom stereocenters. The maximum absolute atomic E-state index is 5.98. The Morgan fingerprint density at radius 1 is 1.03 bits per heavy atom. The van der Waals surface area contributed by atoms with E-state index in [1.807, 2.05) is 24.5 Å². The summed E-state index contributed by atoms with van der Waals surface area (Å²) >= 11 is 7.23. The number of hydrogen-bond donors (Lipinski definition) is 0. The summed E-state index contributed by atoms with van der Waals surface area (Å²) < 4.78 is 5.98. The lowest BCUT2D eigenvalue weighted by Gasteiger charge is -2.31. The molecular formula is C23H24ClN7OS. The molecule has 33 heavy (non-hydrogen) atoms. The zero-order valence-corrected chi connectivity index (χ0v) is 19.9. The molecule has 0 bridgehead atoms. The van der Waals surface area contributed by atoms with Gasteiger partial charge in [0.05, 0.1) is 12.3 Å². The molecule has 5 heterocycles. The highest BCUT2D eigenvalue weighted by Gasteiger charge is 2.21. The largest absolute Gasteiger partial charge is 0.470 e. The van der Waals surface area contributed by atoms with Gasteiger partial charge in [-0.3, -0.25) is 0 Å². The van der Waals surface area contributed by atoms with Gasteiger partial charge in [0.1, 0.15) is 10.3 Å². The monoisotopic (exact) mass is 481 g/mol. The number of thiazole rings is 1. The molecule has 1 aliphatic heterocycles. The molecule has 1 aliphatic rings. The van der Waals surface area contributed by atoms with Gasteiger partial charge < -0.3 is 9.64 Å². The average molecular weight is 482 g/mol. The van der Waals surface area contributed by atoms with E-state index in [1.54, 1.807) is 12.4 Å². The van der Waals surface area contributed by atoms with Crippen LogP contribution in [0.15, 0.2) is 36.9 Å². The number of aryl methyl sites for hydroxylation is 1. The number of pyridine rings is 1. The van der Waals surface area contributed by atoms with Gasteiger partial charge in [0, 0.05) is 43.4 Å². The summed E-state index contributed by atoms with van der Waals surface area (Å²) in [5, 5.41) is 0.877. The van der Waals surface area contributed by atoms with E-state index in [0.29, 0.717) is 17.7 Å². The molecule has 1 fully saturated rings. The van der Waals surface area contributed by atoms with Crippen molar-refractivity contribution in [3.63, 3.8) is 0 Å². The average Bonchev–Trinajstić information content (AvgIpc) is 3.27. The Labute approximate surface area is 201 Å². The predicted molar refractivity (Wildman–Crippen MR) is 130 cm³/mol. The molecule has 0 aliphatic carbocycles. The van der Waals surface area contributed by atoms with E-state index in [0.717, 1.165) is 66.3 Å². The van der Waals surface area contributed by atoms with Crippen molar-refractivity contribution < 1.29 is 4.74 Å². The number of anilines is 1. The van der Waals surface area contributed by atoms with E-state index in [-0.39, 0.29) is 5.28 Å². The molecule has 1 saturated heterocycles. The van der Waals surface area contributed by atoms with Gasteiger partial charge in [-0.2, -0.15) is 0 Å². The second kappa shape index (κ2) is 9.93. The predicted octanol–water partition coefficient (Wildman–Crippen LogP) is 4.84. The third-order valence-corrected chi connectivity index (χ3v) is 6.97. The molecule has 0 saturated carbocycles. The molecule has 0 amide bonds. The zero-order valence-electron chi connectivity index (χ0n) is 18.3. The van der Waals surface area contributed by atoms with Gasteiger partial charge in [-0.05, 0) is 60.9 Å². The number of rotatable bonds is 7. The summed E-state index contributed by atoms with van der Waals surface area (Å²) in [6.07, 6.45) is 11.4. The molecule has 5 rings (SSSR count). The second-order valence-corrected chi connectivity index (χ2v) is 9.33. The minimum atomic E-state index is 0.220. The molecule has 0 radical (unpaired) electrons. The van der Waals surface area contributed by atoms with Crippen molar-refractivity contribution in [2.45, 2.75) is 32.6 Å². The number of halogens is 1. The normalized spacial score (nSPS) is 14.7. The Balaban J connectivity index is 1.13. The first-order valence-corrected chi connectivity index (χ1v) is 12.3. The number of hydrogen-bond acceptors (Lipinski definition) is 9. The Kier molecular flexibility index (Phi) is 6.59. The molecule has 0 N–H and O–H groups in total. The number of piperidine rings is 1. The van der Waals surface area contributed by atoms with Gasteiger partial charge in [0.2, 0.25) is 11.2 Å². The van der Waals surface area contributed by atoms with Gasteiger partial charge in [-0.25, -0.2) is 29.9 Å². The number of nitrogens with zero attached hydrogens (tertiary/aromatic N) is 7. The van der Waals surface area contributed by atoms with Crippen LogP contribution in [0.5, 0.6) is 5.19 Å². The van der Waals surface area contributed by atoms with Crippen molar-refractivity contribution in [3.8, 4) is 16.5 Å². The lowest BCUT2D eigenvalue weighted by atomic mass is 9.94. The van der Waals surface area contributed by atoms with Crippen LogP contribution < -0.4 is 9.64 Å². The Bertz CT molecular complexity index is 1210. The van der Waals surface area contributed by atoms with Gasteiger partial charge in [0.15, 0.2) is 0 Å². The molecule has 4 aromatic heterocycles. The van der Waals surface area contributed by atoms with Crippen molar-refractivity contribution in [1.82, 2.24) is 29.9 Å². The van der Waals surface area contributed by atoms with Crippen LogP contribution >= 0.6 is 22.9 Å². The summed E-state index contributed by atoms with van der Waals surface area (Å²) in [6.45, 7) is 4.74. The highest BCUT2D eigenvalue weighted by molar-refractivity contribution is 7.19. The lowest BCUT2D eigenvalue weighted by Crippen LogP contribution is -2.35. The summed E-state index contributed by atoms with van der Waals surface area (Å²) in [5.74, 6) is 1.48. The van der Waals surface area contributed by atoms with Gasteiger partial charge in [0.25, 0.3) is 5.19 Å². The summed E-state index contributed by atoms with van der Waals surface area (Å²) in [7, 11) is 0. The van der Waals surface area contributed by atoms with Crippen LogP contribution in [0.3, 0.4) is 0 Å². The molecule has 4 aromatic rings. The zero-order chi connectivity index (χ0) is 22.6. The van der Waals surface area contributed by atoms with E-state index in [2.05, 4.69) is 41.7 Å². The van der Waals surface area contributed by atoms with E-state index < -0.39 is 0 Å². The maximum atomic E-state index is 5.98. The van der Waals surface area contributed by atoms with E-state index in [1.165, 1.54) is 16.9 Å². The SMILES string of the molecule is CCc1cnc(N2CCC(CCOc3nc4ccc(-c5cnc(Cl)nc5)nc4s3)CC2)nc1. The summed E-state index contributed by atoms with van der Waals surface area (Å²) in [4.78, 5) is 29.4. The summed E-state index contributed by atoms with van der Waals surface area (Å²) in [5.41, 5.74) is 3.60. The maximum Gasteiger partial charge on any atom is 0.275 e. The first-order valence-electron chi connectivity index (χ1n) is 11.1. The van der Waals surface area contributed by atoms with Crippen LogP contribution in [0, 0.1) is 5.92 Å². The lowest BCUT2D eigenvalue weighted by molar-refractivity contribution is 0.257.